The first-order valence-electron chi connectivity index (χ1n) is 5.79. The van der Waals surface area contributed by atoms with Crippen molar-refractivity contribution in [2.24, 2.45) is 0 Å². The maximum absolute atomic E-state index is 12.0. The third kappa shape index (κ3) is 4.39. The Morgan fingerprint density at radius 1 is 1.43 bits per heavy atom. The zero-order valence-electron chi connectivity index (χ0n) is 11.4. The molecule has 0 radical (unpaired) electrons. The van der Waals surface area contributed by atoms with Crippen LogP contribution in [0.5, 0.6) is 5.75 Å². The maximum Gasteiger partial charge on any atom is 0.321 e. The lowest BCUT2D eigenvalue weighted by Gasteiger charge is -2.10. The zero-order valence-corrected chi connectivity index (χ0v) is 12.2. The molecule has 0 atom stereocenters. The van der Waals surface area contributed by atoms with E-state index in [1.54, 1.807) is 6.92 Å². The molecular formula is C11H14N2O7S. The summed E-state index contributed by atoms with van der Waals surface area (Å²) in [4.78, 5) is 20.8. The van der Waals surface area contributed by atoms with E-state index in [4.69, 9.17) is 4.74 Å². The molecule has 0 unspecified atom stereocenters. The van der Waals surface area contributed by atoms with Crippen molar-refractivity contribution < 1.29 is 27.6 Å². The first kappa shape index (κ1) is 16.9. The van der Waals surface area contributed by atoms with Gasteiger partial charge in [-0.05, 0) is 13.0 Å². The van der Waals surface area contributed by atoms with Crippen molar-refractivity contribution in [2.75, 3.05) is 20.3 Å². The molecule has 10 heteroatoms. The van der Waals surface area contributed by atoms with E-state index in [1.807, 2.05) is 4.72 Å². The summed E-state index contributed by atoms with van der Waals surface area (Å²) < 4.78 is 35.5. The lowest BCUT2D eigenvalue weighted by Crippen LogP contribution is -2.31. The van der Waals surface area contributed by atoms with Crippen LogP contribution < -0.4 is 9.46 Å². The number of carbonyl (C=O) groups is 1. The number of nitro groups is 1. The van der Waals surface area contributed by atoms with Gasteiger partial charge in [-0.2, -0.15) is 4.72 Å². The maximum atomic E-state index is 12.0. The fourth-order valence-electron chi connectivity index (χ4n) is 1.44. The number of rotatable bonds is 7. The highest BCUT2D eigenvalue weighted by Gasteiger charge is 2.23. The number of hydrogen-bond acceptors (Lipinski definition) is 7. The Bertz CT molecular complexity index is 642. The summed E-state index contributed by atoms with van der Waals surface area (Å²) in [5.74, 6) is -0.928. The van der Waals surface area contributed by atoms with Crippen LogP contribution in [0.4, 0.5) is 5.69 Å². The van der Waals surface area contributed by atoms with Crippen LogP contribution in [-0.2, 0) is 19.6 Å². The Morgan fingerprint density at radius 3 is 2.62 bits per heavy atom. The van der Waals surface area contributed by atoms with Gasteiger partial charge in [-0.3, -0.25) is 14.9 Å². The van der Waals surface area contributed by atoms with Crippen molar-refractivity contribution in [1.82, 2.24) is 4.72 Å². The molecule has 0 bridgehead atoms. The Morgan fingerprint density at radius 2 is 2.10 bits per heavy atom. The van der Waals surface area contributed by atoms with Gasteiger partial charge in [-0.25, -0.2) is 8.42 Å². The van der Waals surface area contributed by atoms with Gasteiger partial charge in [0.15, 0.2) is 0 Å². The third-order valence-electron chi connectivity index (χ3n) is 2.36. The molecule has 9 nitrogen and oxygen atoms in total. The lowest BCUT2D eigenvalue weighted by molar-refractivity contribution is -0.385. The number of nitro benzene ring substituents is 1. The molecule has 1 N–H and O–H groups in total. The van der Waals surface area contributed by atoms with Gasteiger partial charge in [0.1, 0.15) is 17.2 Å². The standard InChI is InChI=1S/C11H14N2O7S/c1-3-20-11(14)7-12-21(17,18)10-5-4-8(13(15)16)6-9(10)19-2/h4-6,12H,3,7H2,1-2H3. The van der Waals surface area contributed by atoms with Gasteiger partial charge in [-0.15, -0.1) is 0 Å². The van der Waals surface area contributed by atoms with Crippen LogP contribution in [0.15, 0.2) is 23.1 Å². The highest BCUT2D eigenvalue weighted by atomic mass is 32.2. The van der Waals surface area contributed by atoms with Crippen LogP contribution in [0, 0.1) is 10.1 Å². The Kier molecular flexibility index (Phi) is 5.61. The van der Waals surface area contributed by atoms with Crippen molar-refractivity contribution in [2.45, 2.75) is 11.8 Å². The quantitative estimate of drug-likeness (QED) is 0.439. The molecule has 1 rings (SSSR count). The van der Waals surface area contributed by atoms with Gasteiger partial charge in [0.2, 0.25) is 10.0 Å². The number of nitrogens with one attached hydrogen (secondary N) is 1. The fourth-order valence-corrected chi connectivity index (χ4v) is 2.55. The van der Waals surface area contributed by atoms with Gasteiger partial charge in [0, 0.05) is 6.07 Å². The number of esters is 1. The lowest BCUT2D eigenvalue weighted by atomic mass is 10.3. The zero-order chi connectivity index (χ0) is 16.0. The highest BCUT2D eigenvalue weighted by Crippen LogP contribution is 2.28. The van der Waals surface area contributed by atoms with Crippen LogP contribution in [0.3, 0.4) is 0 Å². The van der Waals surface area contributed by atoms with E-state index in [0.29, 0.717) is 0 Å². The van der Waals surface area contributed by atoms with Crippen LogP contribution in [0.1, 0.15) is 6.92 Å². The molecule has 21 heavy (non-hydrogen) atoms. The van der Waals surface area contributed by atoms with Crippen molar-refractivity contribution in [3.8, 4) is 5.75 Å². The number of sulfonamides is 1. The second-order valence-electron chi connectivity index (χ2n) is 3.72. The molecule has 0 aliphatic carbocycles. The van der Waals surface area contributed by atoms with Gasteiger partial charge in [0.05, 0.1) is 24.7 Å². The van der Waals surface area contributed by atoms with Crippen molar-refractivity contribution in [3.63, 3.8) is 0 Å². The monoisotopic (exact) mass is 318 g/mol. The van der Waals surface area contributed by atoms with E-state index in [9.17, 15) is 23.3 Å². The molecular weight excluding hydrogens is 304 g/mol. The van der Waals surface area contributed by atoms with E-state index in [0.717, 1.165) is 18.2 Å². The normalized spacial score (nSPS) is 11.0. The van der Waals surface area contributed by atoms with Gasteiger partial charge < -0.3 is 9.47 Å². The van der Waals surface area contributed by atoms with Crippen LogP contribution in [0.25, 0.3) is 0 Å². The molecule has 1 aromatic carbocycles. The minimum Gasteiger partial charge on any atom is -0.495 e. The first-order chi connectivity index (χ1) is 9.81. The molecule has 0 fully saturated rings. The summed E-state index contributed by atoms with van der Waals surface area (Å²) in [5, 5.41) is 10.6. The molecule has 1 aromatic rings. The van der Waals surface area contributed by atoms with E-state index in [2.05, 4.69) is 4.74 Å². The molecule has 0 aromatic heterocycles. The van der Waals surface area contributed by atoms with Crippen LogP contribution in [0.2, 0.25) is 0 Å². The number of methoxy groups -OCH3 is 1. The predicted molar refractivity (Wildman–Crippen MR) is 71.5 cm³/mol. The van der Waals surface area contributed by atoms with Crippen molar-refractivity contribution in [1.29, 1.82) is 0 Å². The minimum absolute atomic E-state index is 0.126. The molecule has 0 amide bonds. The summed E-state index contributed by atoms with van der Waals surface area (Å²) in [6.45, 7) is 1.17. The number of carbonyl (C=O) groups excluding carboxylic acids is 1. The largest absolute Gasteiger partial charge is 0.495 e. The van der Waals surface area contributed by atoms with Crippen LogP contribution in [-0.4, -0.2) is 39.6 Å². The SMILES string of the molecule is CCOC(=O)CNS(=O)(=O)c1ccc([N+](=O)[O-])cc1OC. The first-order valence-corrected chi connectivity index (χ1v) is 7.28. The topological polar surface area (TPSA) is 125 Å². The Hall–Kier alpha value is -2.20. The van der Waals surface area contributed by atoms with E-state index in [-0.39, 0.29) is 22.9 Å². The molecule has 116 valence electrons. The number of nitrogens with zero attached hydrogens (tertiary/aromatic N) is 1. The molecule has 0 saturated heterocycles. The smallest absolute Gasteiger partial charge is 0.321 e. The summed E-state index contributed by atoms with van der Waals surface area (Å²) in [6, 6.07) is 3.05. The molecule has 0 aliphatic heterocycles. The molecule has 0 saturated carbocycles. The number of hydrogen-bond donors (Lipinski definition) is 1. The Labute approximate surface area is 121 Å². The second kappa shape index (κ2) is 6.99. The summed E-state index contributed by atoms with van der Waals surface area (Å²) >= 11 is 0. The second-order valence-corrected chi connectivity index (χ2v) is 5.46. The molecule has 0 aliphatic rings. The number of non-ortho nitro benzene ring substituents is 1. The van der Waals surface area contributed by atoms with Gasteiger partial charge in [-0.1, -0.05) is 0 Å². The van der Waals surface area contributed by atoms with E-state index >= 15 is 0 Å². The number of benzene rings is 1. The highest BCUT2D eigenvalue weighted by molar-refractivity contribution is 7.89. The van der Waals surface area contributed by atoms with E-state index in [1.165, 1.54) is 7.11 Å². The third-order valence-corrected chi connectivity index (χ3v) is 3.80. The fraction of sp³-hybridized carbons (Fsp3) is 0.364. The van der Waals surface area contributed by atoms with Gasteiger partial charge >= 0.3 is 5.97 Å². The molecule has 0 spiro atoms. The summed E-state index contributed by atoms with van der Waals surface area (Å²) in [6.07, 6.45) is 0. The van der Waals surface area contributed by atoms with Gasteiger partial charge in [0.25, 0.3) is 5.69 Å². The average Bonchev–Trinajstić information content (AvgIpc) is 2.44. The van der Waals surface area contributed by atoms with Crippen molar-refractivity contribution in [3.05, 3.63) is 28.3 Å². The van der Waals surface area contributed by atoms with E-state index < -0.39 is 27.5 Å². The molecule has 0 heterocycles. The van der Waals surface area contributed by atoms with Crippen LogP contribution >= 0.6 is 0 Å². The Balaban J connectivity index is 3.02. The number of ether oxygens (including phenoxy) is 2. The average molecular weight is 318 g/mol. The minimum atomic E-state index is -4.06. The van der Waals surface area contributed by atoms with Crippen molar-refractivity contribution >= 4 is 21.7 Å². The predicted octanol–water partition coefficient (Wildman–Crippen LogP) is 0.445. The summed E-state index contributed by atoms with van der Waals surface area (Å²) in [7, 11) is -2.87. The summed E-state index contributed by atoms with van der Waals surface area (Å²) in [5.41, 5.74) is -0.309.